The van der Waals surface area contributed by atoms with Gasteiger partial charge in [-0.3, -0.25) is 0 Å². The van der Waals surface area contributed by atoms with Gasteiger partial charge in [-0.2, -0.15) is 0 Å². The molecule has 0 rings (SSSR count). The average Bonchev–Trinajstić information content (AvgIpc) is 2.53. The van der Waals surface area contributed by atoms with E-state index in [-0.39, 0.29) is 7.92 Å². The zero-order valence-corrected chi connectivity index (χ0v) is 17.2. The fourth-order valence-corrected chi connectivity index (χ4v) is 5.59. The minimum Gasteiger partial charge on any atom is -0.374 e. The second-order valence-electron chi connectivity index (χ2n) is 5.56. The first kappa shape index (κ1) is 23.1. The van der Waals surface area contributed by atoms with Crippen LogP contribution in [0.2, 0.25) is 6.04 Å². The first-order valence-electron chi connectivity index (χ1n) is 9.21. The predicted molar refractivity (Wildman–Crippen MR) is 98.5 cm³/mol. The Kier molecular flexibility index (Phi) is 17.0. The Hall–Kier alpha value is 0.107. The molecule has 0 aliphatic rings. The molecule has 0 saturated carbocycles. The molecule has 0 saturated heterocycles. The van der Waals surface area contributed by atoms with E-state index in [0.29, 0.717) is 19.8 Å². The molecule has 0 radical (unpaired) electrons. The van der Waals surface area contributed by atoms with E-state index in [1.165, 1.54) is 38.5 Å². The van der Waals surface area contributed by atoms with Crippen molar-refractivity contribution < 1.29 is 17.8 Å². The summed E-state index contributed by atoms with van der Waals surface area (Å²) in [6.45, 7) is 8.00. The van der Waals surface area contributed by atoms with Crippen molar-refractivity contribution in [2.24, 2.45) is 0 Å². The molecule has 0 aliphatic carbocycles. The molecule has 0 bridgehead atoms. The quantitative estimate of drug-likeness (QED) is 0.198. The van der Waals surface area contributed by atoms with Crippen LogP contribution in [0.1, 0.15) is 78.6 Å². The Bertz CT molecular complexity index is 342. The molecule has 0 spiro atoms. The van der Waals surface area contributed by atoms with Gasteiger partial charge >= 0.3 is 90.7 Å². The second-order valence-corrected chi connectivity index (χ2v) is 8.79. The monoisotopic (exact) mass is 362 g/mol. The van der Waals surface area contributed by atoms with Crippen molar-refractivity contribution in [1.82, 2.24) is 0 Å². The van der Waals surface area contributed by atoms with Gasteiger partial charge in [-0.25, -0.2) is 0 Å². The maximum Gasteiger partial charge on any atom is 0.0355 e. The van der Waals surface area contributed by atoms with Crippen LogP contribution in [0, 0.1) is 5.63 Å². The van der Waals surface area contributed by atoms with Crippen molar-refractivity contribution in [3.63, 3.8) is 0 Å². The molecule has 0 aromatic heterocycles. The van der Waals surface area contributed by atoms with Crippen molar-refractivity contribution in [2.75, 3.05) is 19.8 Å². The number of rotatable bonds is 16. The van der Waals surface area contributed by atoms with Crippen LogP contribution in [0.3, 0.4) is 0 Å². The Morgan fingerprint density at radius 1 is 0.739 bits per heavy atom. The van der Waals surface area contributed by atoms with Crippen LogP contribution in [-0.2, 0) is 17.8 Å². The van der Waals surface area contributed by atoms with Crippen LogP contribution in [0.15, 0.2) is 0 Å². The summed E-state index contributed by atoms with van der Waals surface area (Å²) in [6, 6.07) is 0.933. The van der Waals surface area contributed by atoms with Crippen LogP contribution >= 0.6 is 7.92 Å². The normalized spacial score (nSPS) is 11.4. The predicted octanol–water partition coefficient (Wildman–Crippen LogP) is 5.80. The van der Waals surface area contributed by atoms with Crippen molar-refractivity contribution in [3.8, 4) is 5.63 Å². The summed E-state index contributed by atoms with van der Waals surface area (Å²) in [5.41, 5.74) is 2.80. The van der Waals surface area contributed by atoms with Crippen LogP contribution < -0.4 is 0 Å². The SMILES string of the molecule is CCO[Si](CCCCCCCCCCC#P=O)(OCC)OCC. The van der Waals surface area contributed by atoms with Gasteiger partial charge in [0, 0.05) is 19.8 Å². The van der Waals surface area contributed by atoms with Crippen LogP contribution in [0.5, 0.6) is 0 Å². The molecule has 6 heteroatoms. The van der Waals surface area contributed by atoms with E-state index in [9.17, 15) is 4.57 Å². The van der Waals surface area contributed by atoms with Gasteiger partial charge in [0.1, 0.15) is 0 Å². The Balaban J connectivity index is 3.72. The van der Waals surface area contributed by atoms with E-state index in [2.05, 4.69) is 5.63 Å². The maximum absolute atomic E-state index is 10.2. The third-order valence-corrected chi connectivity index (χ3v) is 7.18. The molecule has 0 amide bonds. The van der Waals surface area contributed by atoms with Gasteiger partial charge < -0.3 is 13.3 Å². The van der Waals surface area contributed by atoms with Gasteiger partial charge in [0.15, 0.2) is 0 Å². The molecule has 0 aliphatic heterocycles. The molecule has 0 fully saturated rings. The molecule has 4 nitrogen and oxygen atoms in total. The first-order valence-corrected chi connectivity index (χ1v) is 12.0. The van der Waals surface area contributed by atoms with Crippen LogP contribution in [0.4, 0.5) is 0 Å². The minimum atomic E-state index is -2.42. The summed E-state index contributed by atoms with van der Waals surface area (Å²) < 4.78 is 27.8. The minimum absolute atomic E-state index is 0.0501. The van der Waals surface area contributed by atoms with Crippen molar-refractivity contribution in [3.05, 3.63) is 0 Å². The van der Waals surface area contributed by atoms with Gasteiger partial charge in [0.2, 0.25) is 0 Å². The molecule has 0 aromatic carbocycles. The molecule has 0 atom stereocenters. The van der Waals surface area contributed by atoms with E-state index >= 15 is 0 Å². The summed E-state index contributed by atoms with van der Waals surface area (Å²) in [5.74, 6) is 0. The molecule has 0 aromatic rings. The van der Waals surface area contributed by atoms with E-state index in [1.807, 2.05) is 20.8 Å². The standard InChI is InChI=1S/C17H35O4PSi/c1-4-19-23(20-5-2,21-6-3)17-15-13-11-9-7-8-10-12-14-16-22-18/h4-15,17H2,1-3H3. The fraction of sp³-hybridized carbons (Fsp3) is 0.941. The van der Waals surface area contributed by atoms with Gasteiger partial charge in [0.25, 0.3) is 0 Å². The molecule has 136 valence electrons. The topological polar surface area (TPSA) is 44.8 Å². The second kappa shape index (κ2) is 16.9. The third kappa shape index (κ3) is 13.1. The smallest absolute Gasteiger partial charge is 0.0355 e. The molecular weight excluding hydrogens is 327 g/mol. The molecule has 0 N–H and O–H groups in total. The largest absolute Gasteiger partial charge is 0.374 e. The van der Waals surface area contributed by atoms with Crippen molar-refractivity contribution in [2.45, 2.75) is 84.6 Å². The van der Waals surface area contributed by atoms with E-state index in [0.717, 1.165) is 25.3 Å². The zero-order chi connectivity index (χ0) is 17.2. The third-order valence-electron chi connectivity index (χ3n) is 3.68. The molecule has 0 heterocycles. The number of hydrogen-bond acceptors (Lipinski definition) is 4. The number of unbranched alkanes of at least 4 members (excludes halogenated alkanes) is 8. The summed E-state index contributed by atoms with van der Waals surface area (Å²) >= 11 is 0. The molecule has 0 unspecified atom stereocenters. The Labute approximate surface area is 145 Å². The van der Waals surface area contributed by atoms with E-state index in [4.69, 9.17) is 13.3 Å². The molecule has 23 heavy (non-hydrogen) atoms. The summed E-state index contributed by atoms with van der Waals surface area (Å²) in [6.07, 6.45) is 10.7. The zero-order valence-electron chi connectivity index (χ0n) is 15.3. The van der Waals surface area contributed by atoms with E-state index < -0.39 is 8.80 Å². The van der Waals surface area contributed by atoms with Crippen LogP contribution in [-0.4, -0.2) is 28.6 Å². The first-order chi connectivity index (χ1) is 11.2. The summed E-state index contributed by atoms with van der Waals surface area (Å²) in [5, 5.41) is 0. The average molecular weight is 363 g/mol. The van der Waals surface area contributed by atoms with Gasteiger partial charge in [-0.1, -0.05) is 0 Å². The van der Waals surface area contributed by atoms with E-state index in [1.54, 1.807) is 0 Å². The molecular formula is C17H35O4PSi. The van der Waals surface area contributed by atoms with Crippen molar-refractivity contribution in [1.29, 1.82) is 0 Å². The Morgan fingerprint density at radius 3 is 1.61 bits per heavy atom. The Morgan fingerprint density at radius 2 is 1.17 bits per heavy atom. The van der Waals surface area contributed by atoms with Crippen LogP contribution in [0.25, 0.3) is 0 Å². The maximum atomic E-state index is 10.2. The van der Waals surface area contributed by atoms with Crippen molar-refractivity contribution >= 4 is 16.7 Å². The fourth-order valence-electron chi connectivity index (χ4n) is 2.65. The number of hydrogen-bond donors (Lipinski definition) is 0. The van der Waals surface area contributed by atoms with Gasteiger partial charge in [-0.15, -0.1) is 0 Å². The summed E-state index contributed by atoms with van der Waals surface area (Å²) in [7, 11) is -2.37. The summed E-state index contributed by atoms with van der Waals surface area (Å²) in [4.78, 5) is 0. The van der Waals surface area contributed by atoms with Gasteiger partial charge in [0.05, 0.1) is 0 Å². The van der Waals surface area contributed by atoms with Gasteiger partial charge in [-0.05, 0) is 20.8 Å².